The molecule has 2 heterocycles. The van der Waals surface area contributed by atoms with E-state index < -0.39 is 0 Å². The van der Waals surface area contributed by atoms with Gasteiger partial charge in [0.1, 0.15) is 6.10 Å². The first kappa shape index (κ1) is 18.0. The number of likely N-dealkylation sites (N-methyl/N-ethyl adjacent to an activating group) is 1. The van der Waals surface area contributed by atoms with Gasteiger partial charge < -0.3 is 19.9 Å². The van der Waals surface area contributed by atoms with Crippen LogP contribution in [0, 0.1) is 0 Å². The van der Waals surface area contributed by atoms with Crippen LogP contribution in [0.3, 0.4) is 0 Å². The van der Waals surface area contributed by atoms with E-state index in [4.69, 9.17) is 4.74 Å². The third-order valence-corrected chi connectivity index (χ3v) is 3.71. The van der Waals surface area contributed by atoms with Gasteiger partial charge in [-0.15, -0.1) is 24.8 Å². The second-order valence-electron chi connectivity index (χ2n) is 4.96. The summed E-state index contributed by atoms with van der Waals surface area (Å²) in [5.41, 5.74) is 2.08. The van der Waals surface area contributed by atoms with E-state index in [1.807, 2.05) is 23.1 Å². The smallest absolute Gasteiger partial charge is 0.257 e. The van der Waals surface area contributed by atoms with Gasteiger partial charge in [-0.1, -0.05) is 12.1 Å². The van der Waals surface area contributed by atoms with Gasteiger partial charge in [0.2, 0.25) is 0 Å². The lowest BCUT2D eigenvalue weighted by molar-refractivity contribution is -0.131. The molecule has 1 aromatic carbocycles. The third-order valence-electron chi connectivity index (χ3n) is 3.71. The fourth-order valence-electron chi connectivity index (χ4n) is 2.63. The SMILES string of the molecule is CN1CCN(C(=O)[C@H]2CNCCO2)c2ccccc21.Cl.Cl. The highest BCUT2D eigenvalue weighted by molar-refractivity contribution is 6.00. The summed E-state index contributed by atoms with van der Waals surface area (Å²) >= 11 is 0. The van der Waals surface area contributed by atoms with E-state index in [0.717, 1.165) is 24.5 Å². The Morgan fingerprint density at radius 3 is 2.62 bits per heavy atom. The van der Waals surface area contributed by atoms with Crippen molar-refractivity contribution in [3.8, 4) is 0 Å². The van der Waals surface area contributed by atoms with Gasteiger partial charge >= 0.3 is 0 Å². The largest absolute Gasteiger partial charge is 0.371 e. The van der Waals surface area contributed by atoms with Crippen LogP contribution in [-0.2, 0) is 9.53 Å². The van der Waals surface area contributed by atoms with Crippen molar-refractivity contribution >= 4 is 42.1 Å². The Labute approximate surface area is 137 Å². The first-order valence-electron chi connectivity index (χ1n) is 6.71. The molecule has 2 aliphatic heterocycles. The number of carbonyl (C=O) groups excluding carboxylic acids is 1. The zero-order chi connectivity index (χ0) is 13.2. The molecule has 1 aromatic rings. The number of nitrogens with zero attached hydrogens (tertiary/aromatic N) is 2. The number of para-hydroxylation sites is 2. The van der Waals surface area contributed by atoms with Crippen LogP contribution in [-0.4, -0.2) is 51.8 Å². The molecular weight excluding hydrogens is 313 g/mol. The van der Waals surface area contributed by atoms with Gasteiger partial charge in [0, 0.05) is 33.2 Å². The Kier molecular flexibility index (Phi) is 6.74. The van der Waals surface area contributed by atoms with Crippen LogP contribution in [0.1, 0.15) is 0 Å². The summed E-state index contributed by atoms with van der Waals surface area (Å²) in [7, 11) is 2.05. The molecular formula is C14H21Cl2N3O2. The Bertz CT molecular complexity index is 481. The second-order valence-corrected chi connectivity index (χ2v) is 4.96. The second kappa shape index (κ2) is 7.84. The predicted octanol–water partition coefficient (Wildman–Crippen LogP) is 1.30. The molecule has 0 bridgehead atoms. The van der Waals surface area contributed by atoms with Crippen LogP contribution in [0.15, 0.2) is 24.3 Å². The van der Waals surface area contributed by atoms with E-state index in [1.54, 1.807) is 0 Å². The number of hydrogen-bond acceptors (Lipinski definition) is 4. The number of hydrogen-bond donors (Lipinski definition) is 1. The Morgan fingerprint density at radius 1 is 1.24 bits per heavy atom. The van der Waals surface area contributed by atoms with Crippen molar-refractivity contribution in [1.82, 2.24) is 5.32 Å². The van der Waals surface area contributed by atoms with E-state index in [9.17, 15) is 4.79 Å². The lowest BCUT2D eigenvalue weighted by atomic mass is 10.1. The summed E-state index contributed by atoms with van der Waals surface area (Å²) in [5.74, 6) is 0.0627. The lowest BCUT2D eigenvalue weighted by Crippen LogP contribution is -2.52. The molecule has 3 rings (SSSR count). The van der Waals surface area contributed by atoms with Crippen LogP contribution < -0.4 is 15.1 Å². The first-order valence-corrected chi connectivity index (χ1v) is 6.71. The van der Waals surface area contributed by atoms with Crippen molar-refractivity contribution in [1.29, 1.82) is 0 Å². The van der Waals surface area contributed by atoms with Crippen molar-refractivity contribution in [3.63, 3.8) is 0 Å². The van der Waals surface area contributed by atoms with Crippen molar-refractivity contribution < 1.29 is 9.53 Å². The van der Waals surface area contributed by atoms with Gasteiger partial charge in [0.15, 0.2) is 0 Å². The topological polar surface area (TPSA) is 44.8 Å². The number of morpholine rings is 1. The first-order chi connectivity index (χ1) is 9.27. The Hall–Kier alpha value is -1.01. The number of benzene rings is 1. The van der Waals surface area contributed by atoms with Crippen LogP contribution in [0.25, 0.3) is 0 Å². The third kappa shape index (κ3) is 3.61. The maximum atomic E-state index is 12.6. The van der Waals surface area contributed by atoms with Crippen LogP contribution in [0.4, 0.5) is 11.4 Å². The summed E-state index contributed by atoms with van der Waals surface area (Å²) in [6.45, 7) is 3.59. The molecule has 1 atom stereocenters. The predicted molar refractivity (Wildman–Crippen MR) is 89.2 cm³/mol. The average Bonchev–Trinajstić information content (AvgIpc) is 2.48. The minimum Gasteiger partial charge on any atom is -0.371 e. The normalized spacial score (nSPS) is 20.9. The van der Waals surface area contributed by atoms with Gasteiger partial charge in [0.05, 0.1) is 18.0 Å². The molecule has 21 heavy (non-hydrogen) atoms. The molecule has 1 saturated heterocycles. The van der Waals surface area contributed by atoms with E-state index in [1.165, 1.54) is 0 Å². The molecule has 1 fully saturated rings. The van der Waals surface area contributed by atoms with Crippen LogP contribution in [0.2, 0.25) is 0 Å². The summed E-state index contributed by atoms with van der Waals surface area (Å²) in [6, 6.07) is 8.02. The van der Waals surface area contributed by atoms with E-state index in [-0.39, 0.29) is 36.8 Å². The highest BCUT2D eigenvalue weighted by atomic mass is 35.5. The van der Waals surface area contributed by atoms with E-state index >= 15 is 0 Å². The molecule has 0 unspecified atom stereocenters. The van der Waals surface area contributed by atoms with Gasteiger partial charge in [0.25, 0.3) is 5.91 Å². The monoisotopic (exact) mass is 333 g/mol. The summed E-state index contributed by atoms with van der Waals surface area (Å²) < 4.78 is 5.57. The molecule has 0 aromatic heterocycles. The number of rotatable bonds is 1. The number of ether oxygens (including phenoxy) is 1. The maximum absolute atomic E-state index is 12.6. The molecule has 0 aliphatic carbocycles. The molecule has 2 aliphatic rings. The number of amides is 1. The summed E-state index contributed by atoms with van der Waals surface area (Å²) in [5, 5.41) is 3.20. The van der Waals surface area contributed by atoms with Crippen LogP contribution >= 0.6 is 24.8 Å². The Morgan fingerprint density at radius 2 is 1.95 bits per heavy atom. The number of nitrogens with one attached hydrogen (secondary N) is 1. The maximum Gasteiger partial charge on any atom is 0.257 e. The average molecular weight is 334 g/mol. The van der Waals surface area contributed by atoms with Gasteiger partial charge in [-0.3, -0.25) is 4.79 Å². The van der Waals surface area contributed by atoms with Gasteiger partial charge in [-0.2, -0.15) is 0 Å². The highest BCUT2D eigenvalue weighted by Crippen LogP contribution is 2.32. The molecule has 118 valence electrons. The number of halogens is 2. The molecule has 7 heteroatoms. The standard InChI is InChI=1S/C14H19N3O2.2ClH/c1-16-7-8-17(12-5-3-2-4-11(12)16)14(18)13-10-15-6-9-19-13;;/h2-5,13,15H,6-10H2,1H3;2*1H/t13-;;/m1../s1. The quantitative estimate of drug-likeness (QED) is 0.841. The Balaban J connectivity index is 0.00000110. The lowest BCUT2D eigenvalue weighted by Gasteiger charge is -2.37. The van der Waals surface area contributed by atoms with Crippen molar-refractivity contribution in [2.45, 2.75) is 6.10 Å². The molecule has 5 nitrogen and oxygen atoms in total. The van der Waals surface area contributed by atoms with Crippen molar-refractivity contribution in [2.24, 2.45) is 0 Å². The molecule has 1 amide bonds. The fraction of sp³-hybridized carbons (Fsp3) is 0.500. The molecule has 0 saturated carbocycles. The van der Waals surface area contributed by atoms with Gasteiger partial charge in [-0.05, 0) is 12.1 Å². The van der Waals surface area contributed by atoms with E-state index in [0.29, 0.717) is 19.7 Å². The number of carbonyl (C=O) groups is 1. The van der Waals surface area contributed by atoms with E-state index in [2.05, 4.69) is 23.3 Å². The fourth-order valence-corrected chi connectivity index (χ4v) is 2.63. The zero-order valence-electron chi connectivity index (χ0n) is 11.9. The minimum absolute atomic E-state index is 0. The van der Waals surface area contributed by atoms with Gasteiger partial charge in [-0.25, -0.2) is 0 Å². The van der Waals surface area contributed by atoms with Crippen molar-refractivity contribution in [3.05, 3.63) is 24.3 Å². The summed E-state index contributed by atoms with van der Waals surface area (Å²) in [4.78, 5) is 16.6. The number of fused-ring (bicyclic) bond motifs is 1. The van der Waals surface area contributed by atoms with Crippen LogP contribution in [0.5, 0.6) is 0 Å². The molecule has 0 spiro atoms. The zero-order valence-corrected chi connectivity index (χ0v) is 13.6. The molecule has 1 N–H and O–H groups in total. The molecule has 0 radical (unpaired) electrons. The van der Waals surface area contributed by atoms with Crippen molar-refractivity contribution in [2.75, 3.05) is 49.6 Å². The summed E-state index contributed by atoms with van der Waals surface area (Å²) in [6.07, 6.45) is -0.356. The highest BCUT2D eigenvalue weighted by Gasteiger charge is 2.31. The minimum atomic E-state index is -0.356. The number of anilines is 2.